The molecule has 0 aliphatic rings. The zero-order chi connectivity index (χ0) is 18.2. The van der Waals surface area contributed by atoms with E-state index in [1.165, 1.54) is 19.0 Å². The van der Waals surface area contributed by atoms with E-state index < -0.39 is 0 Å². The largest absolute Gasteiger partial charge is 0.369 e. The van der Waals surface area contributed by atoms with Gasteiger partial charge >= 0.3 is 0 Å². The van der Waals surface area contributed by atoms with Crippen molar-refractivity contribution in [3.63, 3.8) is 0 Å². The Morgan fingerprint density at radius 2 is 1.65 bits per heavy atom. The Hall–Kier alpha value is -4.22. The maximum Gasteiger partial charge on any atom is 0.278 e. The van der Waals surface area contributed by atoms with Gasteiger partial charge in [-0.2, -0.15) is 4.98 Å². The molecule has 0 amide bonds. The molecule has 130 valence electrons. The van der Waals surface area contributed by atoms with Gasteiger partial charge in [0.2, 0.25) is 5.95 Å². The maximum absolute atomic E-state index is 11.0. The van der Waals surface area contributed by atoms with Crippen LogP contribution in [0.25, 0.3) is 22.3 Å². The van der Waals surface area contributed by atoms with Crippen LogP contribution in [0.1, 0.15) is 0 Å². The molecule has 5 N–H and O–H groups in total. The number of anilines is 1. The lowest BCUT2D eigenvalue weighted by Gasteiger charge is -1.89. The number of nitrogens with one attached hydrogen (secondary N) is 3. The van der Waals surface area contributed by atoms with Gasteiger partial charge in [-0.1, -0.05) is 0 Å². The first-order valence-corrected chi connectivity index (χ1v) is 7.22. The summed E-state index contributed by atoms with van der Waals surface area (Å²) in [5.41, 5.74) is 7.23. The van der Waals surface area contributed by atoms with Crippen molar-refractivity contribution in [2.75, 3.05) is 5.73 Å². The van der Waals surface area contributed by atoms with Crippen molar-refractivity contribution in [2.24, 2.45) is 0 Å². The highest BCUT2D eigenvalue weighted by Gasteiger charge is 2.01. The first kappa shape index (κ1) is 16.6. The lowest BCUT2D eigenvalue weighted by Crippen LogP contribution is -2.10. The van der Waals surface area contributed by atoms with Crippen LogP contribution in [0.15, 0.2) is 54.8 Å². The number of H-pyrrole nitrogens is 3. The van der Waals surface area contributed by atoms with Crippen LogP contribution < -0.4 is 11.3 Å². The van der Waals surface area contributed by atoms with Crippen LogP contribution in [0, 0.1) is 0 Å². The predicted molar refractivity (Wildman–Crippen MR) is 92.6 cm³/mol. The van der Waals surface area contributed by atoms with E-state index in [0.29, 0.717) is 16.8 Å². The number of nitrogens with zero attached hydrogens (tertiary/aromatic N) is 7. The molecule has 0 aromatic carbocycles. The lowest BCUT2D eigenvalue weighted by molar-refractivity contribution is 1.17. The van der Waals surface area contributed by atoms with Crippen LogP contribution in [-0.4, -0.2) is 49.8 Å². The number of fused-ring (bicyclic) bond motifs is 2. The highest BCUT2D eigenvalue weighted by molar-refractivity contribution is 5.69. The Labute approximate surface area is 145 Å². The second kappa shape index (κ2) is 8.05. The third kappa shape index (κ3) is 4.19. The molecule has 0 saturated carbocycles. The van der Waals surface area contributed by atoms with Crippen molar-refractivity contribution < 1.29 is 0 Å². The topological polar surface area (TPSA) is 181 Å². The van der Waals surface area contributed by atoms with E-state index in [2.05, 4.69) is 49.8 Å². The second-order valence-electron chi connectivity index (χ2n) is 4.62. The molecule has 0 fully saturated rings. The fourth-order valence-corrected chi connectivity index (χ4v) is 1.80. The first-order chi connectivity index (χ1) is 12.7. The van der Waals surface area contributed by atoms with E-state index in [1.54, 1.807) is 31.0 Å². The summed E-state index contributed by atoms with van der Waals surface area (Å²) in [6.45, 7) is 0. The molecule has 5 rings (SSSR count). The third-order valence-electron chi connectivity index (χ3n) is 2.89. The van der Waals surface area contributed by atoms with E-state index in [-0.39, 0.29) is 11.5 Å². The van der Waals surface area contributed by atoms with Crippen molar-refractivity contribution in [3.8, 4) is 0 Å². The average molecular weight is 351 g/mol. The smallest absolute Gasteiger partial charge is 0.278 e. The highest BCUT2D eigenvalue weighted by Crippen LogP contribution is 1.99. The fourth-order valence-electron chi connectivity index (χ4n) is 1.80. The minimum absolute atomic E-state index is 0.0783. The van der Waals surface area contributed by atoms with Crippen LogP contribution in [-0.2, 0) is 0 Å². The lowest BCUT2D eigenvalue weighted by atomic mass is 10.5. The van der Waals surface area contributed by atoms with Crippen LogP contribution in [0.2, 0.25) is 0 Å². The van der Waals surface area contributed by atoms with Gasteiger partial charge in [0.15, 0.2) is 16.8 Å². The van der Waals surface area contributed by atoms with Gasteiger partial charge in [-0.15, -0.1) is 0 Å². The minimum Gasteiger partial charge on any atom is -0.369 e. The minimum atomic E-state index is -0.301. The molecular formula is C14H13N11O. The van der Waals surface area contributed by atoms with Crippen LogP contribution >= 0.6 is 0 Å². The molecule has 5 aromatic rings. The number of hydrogen-bond acceptors (Lipinski definition) is 9. The van der Waals surface area contributed by atoms with Gasteiger partial charge in [-0.3, -0.25) is 9.78 Å². The molecule has 12 heteroatoms. The molecular weight excluding hydrogens is 338 g/mol. The van der Waals surface area contributed by atoms with Crippen LogP contribution in [0.4, 0.5) is 5.95 Å². The first-order valence-electron chi connectivity index (χ1n) is 7.22. The summed E-state index contributed by atoms with van der Waals surface area (Å²) >= 11 is 0. The summed E-state index contributed by atoms with van der Waals surface area (Å²) in [4.78, 5) is 45.4. The molecule has 0 radical (unpaired) electrons. The molecule has 0 unspecified atom stereocenters. The van der Waals surface area contributed by atoms with E-state index in [0.717, 1.165) is 5.52 Å². The van der Waals surface area contributed by atoms with E-state index in [1.807, 2.05) is 0 Å². The summed E-state index contributed by atoms with van der Waals surface area (Å²) < 4.78 is 0. The zero-order valence-electron chi connectivity index (χ0n) is 13.2. The highest BCUT2D eigenvalue weighted by atomic mass is 16.1. The van der Waals surface area contributed by atoms with E-state index in [9.17, 15) is 4.79 Å². The van der Waals surface area contributed by atoms with Crippen molar-refractivity contribution >= 4 is 28.3 Å². The standard InChI is InChI=1S/C5H5N5O.C5H4N4.C4H4N2/c6-5-9-3-2(4(11)10-5)7-1-8-3;1-4-5(8-2-6-1)9-3-7-4;1-2-5-4-6-3-1/h1H,(H4,6,7,8,9,10,11);1-3H,(H,6,7,8,9);1-4H. The number of nitrogen functional groups attached to an aromatic ring is 1. The van der Waals surface area contributed by atoms with Gasteiger partial charge in [0, 0.05) is 12.4 Å². The SMILES string of the molecule is Nc1nc2nc[nH]c2c(=O)[nH]1.c1cncnc1.c1ncc2[nH]cnc2n1. The third-order valence-corrected chi connectivity index (χ3v) is 2.89. The number of hydrogen-bond donors (Lipinski definition) is 4. The summed E-state index contributed by atoms with van der Waals surface area (Å²) in [5.74, 6) is 0.0783. The van der Waals surface area contributed by atoms with Crippen molar-refractivity contribution in [1.29, 1.82) is 0 Å². The summed E-state index contributed by atoms with van der Waals surface area (Å²) in [7, 11) is 0. The van der Waals surface area contributed by atoms with Crippen LogP contribution in [0.3, 0.4) is 0 Å². The number of nitrogens with two attached hydrogens (primary N) is 1. The van der Waals surface area contributed by atoms with Gasteiger partial charge in [0.25, 0.3) is 5.56 Å². The summed E-state index contributed by atoms with van der Waals surface area (Å²) in [6.07, 6.45) is 11.0. The van der Waals surface area contributed by atoms with Crippen LogP contribution in [0.5, 0.6) is 0 Å². The number of aromatic amines is 3. The zero-order valence-corrected chi connectivity index (χ0v) is 13.2. The van der Waals surface area contributed by atoms with Gasteiger partial charge in [-0.05, 0) is 6.07 Å². The van der Waals surface area contributed by atoms with Crippen molar-refractivity contribution in [1.82, 2.24) is 49.8 Å². The normalized spacial score (nSPS) is 9.85. The molecule has 0 aliphatic carbocycles. The number of aromatic nitrogens is 10. The molecule has 0 aliphatic heterocycles. The molecule has 0 spiro atoms. The Morgan fingerprint density at radius 3 is 2.35 bits per heavy atom. The summed E-state index contributed by atoms with van der Waals surface area (Å²) in [6, 6.07) is 1.78. The molecule has 0 saturated heterocycles. The molecule has 0 bridgehead atoms. The Bertz CT molecular complexity index is 1070. The molecule has 5 heterocycles. The maximum atomic E-state index is 11.0. The Balaban J connectivity index is 0.000000118. The fraction of sp³-hybridized carbons (Fsp3) is 0. The number of imidazole rings is 2. The van der Waals surface area contributed by atoms with E-state index >= 15 is 0 Å². The predicted octanol–water partition coefficient (Wildman–Crippen LogP) is 0.0579. The van der Waals surface area contributed by atoms with Gasteiger partial charge in [0.05, 0.1) is 18.9 Å². The molecule has 26 heavy (non-hydrogen) atoms. The number of rotatable bonds is 0. The molecule has 0 atom stereocenters. The van der Waals surface area contributed by atoms with E-state index in [4.69, 9.17) is 5.73 Å². The Morgan fingerprint density at radius 1 is 0.885 bits per heavy atom. The average Bonchev–Trinajstić information content (AvgIpc) is 3.33. The van der Waals surface area contributed by atoms with Gasteiger partial charge in [-0.25, -0.2) is 29.9 Å². The van der Waals surface area contributed by atoms with Gasteiger partial charge in [0.1, 0.15) is 18.2 Å². The summed E-state index contributed by atoms with van der Waals surface area (Å²) in [5, 5.41) is 0. The van der Waals surface area contributed by atoms with Crippen molar-refractivity contribution in [3.05, 3.63) is 60.3 Å². The quantitative estimate of drug-likeness (QED) is 0.300. The molecule has 5 aromatic heterocycles. The monoisotopic (exact) mass is 351 g/mol. The van der Waals surface area contributed by atoms with Gasteiger partial charge < -0.3 is 15.7 Å². The second-order valence-corrected chi connectivity index (χ2v) is 4.62. The Kier molecular flexibility index (Phi) is 5.15. The molecule has 12 nitrogen and oxygen atoms in total. The van der Waals surface area contributed by atoms with Crippen molar-refractivity contribution in [2.45, 2.75) is 0 Å².